The Morgan fingerprint density at radius 1 is 1.24 bits per heavy atom. The van der Waals surface area contributed by atoms with Crippen LogP contribution in [0.5, 0.6) is 0 Å². The lowest BCUT2D eigenvalue weighted by atomic mass is 10.1. The van der Waals surface area contributed by atoms with Crippen LogP contribution in [-0.4, -0.2) is 20.2 Å². The third-order valence-electron chi connectivity index (χ3n) is 3.18. The van der Waals surface area contributed by atoms with Gasteiger partial charge in [-0.15, -0.1) is 0 Å². The van der Waals surface area contributed by atoms with Gasteiger partial charge in [-0.2, -0.15) is 0 Å². The summed E-state index contributed by atoms with van der Waals surface area (Å²) < 4.78 is 24.3. The molecule has 1 unspecified atom stereocenters. The van der Waals surface area contributed by atoms with E-state index in [0.29, 0.717) is 13.0 Å². The topological polar surface area (TPSA) is 60.2 Å². The molecule has 0 aromatic heterocycles. The first kappa shape index (κ1) is 14.2. The lowest BCUT2D eigenvalue weighted by molar-refractivity contribution is 0.577. The van der Waals surface area contributed by atoms with Gasteiger partial charge in [0.05, 0.1) is 11.0 Å². The molecule has 0 spiro atoms. The summed E-state index contributed by atoms with van der Waals surface area (Å²) in [6.45, 7) is 6.04. The molecule has 1 aromatic carbocycles. The molecule has 0 saturated heterocycles. The minimum Gasteiger partial charge on any atom is -0.330 e. The molecule has 4 heteroatoms. The molecule has 17 heavy (non-hydrogen) atoms. The van der Waals surface area contributed by atoms with Crippen molar-refractivity contribution in [2.24, 2.45) is 5.73 Å². The van der Waals surface area contributed by atoms with E-state index >= 15 is 0 Å². The molecule has 0 heterocycles. The summed E-state index contributed by atoms with van der Waals surface area (Å²) in [6, 6.07) is 5.85. The van der Waals surface area contributed by atoms with Gasteiger partial charge in [0.2, 0.25) is 0 Å². The summed E-state index contributed by atoms with van der Waals surface area (Å²) in [5.74, 6) is 0.118. The Balaban J connectivity index is 2.98. The van der Waals surface area contributed by atoms with Crippen molar-refractivity contribution in [2.75, 3.05) is 6.54 Å². The smallest absolute Gasteiger partial charge is 0.157 e. The van der Waals surface area contributed by atoms with E-state index < -0.39 is 9.84 Å². The van der Waals surface area contributed by atoms with Gasteiger partial charge in [-0.3, -0.25) is 0 Å². The minimum atomic E-state index is -3.10. The van der Waals surface area contributed by atoms with Gasteiger partial charge >= 0.3 is 0 Å². The number of benzene rings is 1. The molecule has 0 radical (unpaired) electrons. The Kier molecular flexibility index (Phi) is 4.71. The average Bonchev–Trinajstić information content (AvgIpc) is 2.24. The van der Waals surface area contributed by atoms with Crippen LogP contribution in [0, 0.1) is 13.8 Å². The van der Waals surface area contributed by atoms with E-state index in [2.05, 4.69) is 0 Å². The van der Waals surface area contributed by atoms with Crippen molar-refractivity contribution >= 4 is 9.84 Å². The molecule has 0 saturated carbocycles. The molecular weight excluding hydrogens is 234 g/mol. The largest absolute Gasteiger partial charge is 0.330 e. The summed E-state index contributed by atoms with van der Waals surface area (Å²) in [7, 11) is -3.10. The molecule has 0 bridgehead atoms. The molecule has 1 atom stereocenters. The summed E-state index contributed by atoms with van der Waals surface area (Å²) in [5, 5.41) is -0.369. The molecule has 1 rings (SSSR count). The van der Waals surface area contributed by atoms with Crippen LogP contribution in [0.2, 0.25) is 0 Å². The van der Waals surface area contributed by atoms with E-state index in [-0.39, 0.29) is 11.0 Å². The third kappa shape index (κ3) is 3.54. The predicted molar refractivity (Wildman–Crippen MR) is 71.7 cm³/mol. The van der Waals surface area contributed by atoms with Crippen molar-refractivity contribution in [3.05, 3.63) is 34.9 Å². The highest BCUT2D eigenvalue weighted by Gasteiger charge is 2.22. The van der Waals surface area contributed by atoms with Crippen molar-refractivity contribution in [3.63, 3.8) is 0 Å². The van der Waals surface area contributed by atoms with Gasteiger partial charge in [0.25, 0.3) is 0 Å². The molecule has 0 aliphatic rings. The number of hydrogen-bond acceptors (Lipinski definition) is 3. The fraction of sp³-hybridized carbons (Fsp3) is 0.538. The molecule has 3 nitrogen and oxygen atoms in total. The number of sulfone groups is 1. The van der Waals surface area contributed by atoms with Crippen LogP contribution in [-0.2, 0) is 15.6 Å². The molecule has 0 aliphatic carbocycles. The molecule has 0 aliphatic heterocycles. The van der Waals surface area contributed by atoms with E-state index in [1.54, 1.807) is 6.92 Å². The molecule has 1 aromatic rings. The fourth-order valence-corrected chi connectivity index (χ4v) is 3.47. The fourth-order valence-electron chi connectivity index (χ4n) is 1.83. The zero-order valence-corrected chi connectivity index (χ0v) is 11.5. The second-order valence-electron chi connectivity index (χ2n) is 4.57. The highest BCUT2D eigenvalue weighted by molar-refractivity contribution is 7.91. The molecule has 96 valence electrons. The van der Waals surface area contributed by atoms with Gasteiger partial charge in [0.1, 0.15) is 0 Å². The van der Waals surface area contributed by atoms with Crippen molar-refractivity contribution in [3.8, 4) is 0 Å². The maximum Gasteiger partial charge on any atom is 0.157 e. The lowest BCUT2D eigenvalue weighted by Crippen LogP contribution is -2.23. The van der Waals surface area contributed by atoms with Gasteiger partial charge in [0.15, 0.2) is 9.84 Å². The standard InChI is InChI=1S/C13H21NO2S/c1-10-5-4-6-11(2)13(10)9-17(15,16)12(3)7-8-14/h4-6,12H,7-9,14H2,1-3H3. The van der Waals surface area contributed by atoms with Gasteiger partial charge in [0, 0.05) is 0 Å². The Morgan fingerprint density at radius 2 is 1.76 bits per heavy atom. The average molecular weight is 255 g/mol. The van der Waals surface area contributed by atoms with Gasteiger partial charge in [-0.1, -0.05) is 18.2 Å². The van der Waals surface area contributed by atoms with E-state index in [1.807, 2.05) is 32.0 Å². The second-order valence-corrected chi connectivity index (χ2v) is 6.98. The second kappa shape index (κ2) is 5.65. The Morgan fingerprint density at radius 3 is 2.24 bits per heavy atom. The number of hydrogen-bond donors (Lipinski definition) is 1. The van der Waals surface area contributed by atoms with Crippen LogP contribution >= 0.6 is 0 Å². The number of rotatable bonds is 5. The van der Waals surface area contributed by atoms with Gasteiger partial charge < -0.3 is 5.73 Å². The van der Waals surface area contributed by atoms with Crippen LogP contribution < -0.4 is 5.73 Å². The highest BCUT2D eigenvalue weighted by Crippen LogP contribution is 2.19. The van der Waals surface area contributed by atoms with Crippen molar-refractivity contribution in [1.82, 2.24) is 0 Å². The van der Waals surface area contributed by atoms with E-state index in [0.717, 1.165) is 16.7 Å². The highest BCUT2D eigenvalue weighted by atomic mass is 32.2. The Labute approximate surface area is 104 Å². The minimum absolute atomic E-state index is 0.118. The van der Waals surface area contributed by atoms with Crippen molar-refractivity contribution < 1.29 is 8.42 Å². The maximum absolute atomic E-state index is 12.1. The predicted octanol–water partition coefficient (Wildman–Crippen LogP) is 1.96. The van der Waals surface area contributed by atoms with Gasteiger partial charge in [-0.25, -0.2) is 8.42 Å². The van der Waals surface area contributed by atoms with Crippen LogP contribution in [0.15, 0.2) is 18.2 Å². The zero-order chi connectivity index (χ0) is 13.1. The molecule has 2 N–H and O–H groups in total. The summed E-state index contributed by atoms with van der Waals surface area (Å²) >= 11 is 0. The summed E-state index contributed by atoms with van der Waals surface area (Å²) in [5.41, 5.74) is 8.41. The van der Waals surface area contributed by atoms with E-state index in [4.69, 9.17) is 5.73 Å². The van der Waals surface area contributed by atoms with Crippen molar-refractivity contribution in [2.45, 2.75) is 38.2 Å². The van der Waals surface area contributed by atoms with Crippen LogP contribution in [0.25, 0.3) is 0 Å². The first-order chi connectivity index (χ1) is 7.88. The SMILES string of the molecule is Cc1cccc(C)c1CS(=O)(=O)C(C)CCN. The molecule has 0 fully saturated rings. The Hall–Kier alpha value is -0.870. The molecule has 0 amide bonds. The van der Waals surface area contributed by atoms with Crippen molar-refractivity contribution in [1.29, 1.82) is 0 Å². The van der Waals surface area contributed by atoms with Crippen LogP contribution in [0.4, 0.5) is 0 Å². The first-order valence-electron chi connectivity index (χ1n) is 5.85. The quantitative estimate of drug-likeness (QED) is 0.875. The third-order valence-corrected chi connectivity index (χ3v) is 5.33. The normalized spacial score (nSPS) is 13.6. The van der Waals surface area contributed by atoms with E-state index in [9.17, 15) is 8.42 Å². The number of aryl methyl sites for hydroxylation is 2. The van der Waals surface area contributed by atoms with E-state index in [1.165, 1.54) is 0 Å². The monoisotopic (exact) mass is 255 g/mol. The number of nitrogens with two attached hydrogens (primary N) is 1. The lowest BCUT2D eigenvalue weighted by Gasteiger charge is -2.14. The summed E-state index contributed by atoms with van der Waals surface area (Å²) in [6.07, 6.45) is 0.521. The van der Waals surface area contributed by atoms with Crippen LogP contribution in [0.1, 0.15) is 30.0 Å². The molecular formula is C13H21NO2S. The first-order valence-corrected chi connectivity index (χ1v) is 7.56. The van der Waals surface area contributed by atoms with Gasteiger partial charge in [-0.05, 0) is 50.4 Å². The maximum atomic E-state index is 12.1. The summed E-state index contributed by atoms with van der Waals surface area (Å²) in [4.78, 5) is 0. The zero-order valence-electron chi connectivity index (χ0n) is 10.7. The Bertz CT molecular complexity index is 460. The van der Waals surface area contributed by atoms with Crippen LogP contribution in [0.3, 0.4) is 0 Å².